The van der Waals surface area contributed by atoms with Gasteiger partial charge >= 0.3 is 12.1 Å². The van der Waals surface area contributed by atoms with Gasteiger partial charge < -0.3 is 25.7 Å². The summed E-state index contributed by atoms with van der Waals surface area (Å²) in [5.74, 6) is -0.874. The van der Waals surface area contributed by atoms with Crippen molar-refractivity contribution in [3.05, 3.63) is 35.9 Å². The van der Waals surface area contributed by atoms with Gasteiger partial charge in [-0.05, 0) is 24.3 Å². The lowest BCUT2D eigenvalue weighted by atomic mass is 10.0. The molecule has 7 heteroatoms. The van der Waals surface area contributed by atoms with Crippen LogP contribution in [0, 0.1) is 5.92 Å². The quantitative estimate of drug-likeness (QED) is 0.537. The number of carboxylic acid groups (broad SMARTS) is 1. The number of alkyl carbamates (subject to hydrolysis) is 1. The van der Waals surface area contributed by atoms with E-state index in [1.165, 1.54) is 0 Å². The molecule has 1 aromatic rings. The molecule has 2 atom stereocenters. The Labute approximate surface area is 161 Å². The summed E-state index contributed by atoms with van der Waals surface area (Å²) in [5, 5.41) is 11.3. The molecule has 0 heterocycles. The number of hydrogen-bond donors (Lipinski definition) is 3. The minimum Gasteiger partial charge on any atom is -0.480 e. The number of aliphatic carboxylic acids is 1. The number of nitrogens with one attached hydrogen (secondary N) is 1. The van der Waals surface area contributed by atoms with Crippen LogP contribution in [0.25, 0.3) is 0 Å². The molecular weight excluding hydrogens is 348 g/mol. The molecule has 7 nitrogen and oxygen atoms in total. The van der Waals surface area contributed by atoms with Gasteiger partial charge in [0.05, 0.1) is 6.04 Å². The molecule has 1 aromatic carbocycles. The van der Waals surface area contributed by atoms with E-state index in [-0.39, 0.29) is 18.6 Å². The number of carboxylic acids is 1. The number of aldehydes is 1. The smallest absolute Gasteiger partial charge is 0.408 e. The number of amides is 1. The average molecular weight is 380 g/mol. The van der Waals surface area contributed by atoms with E-state index in [0.29, 0.717) is 6.42 Å². The van der Waals surface area contributed by atoms with Gasteiger partial charge in [0.15, 0.2) is 0 Å². The van der Waals surface area contributed by atoms with Crippen LogP contribution in [0.3, 0.4) is 0 Å². The van der Waals surface area contributed by atoms with Crippen molar-refractivity contribution >= 4 is 18.3 Å². The van der Waals surface area contributed by atoms with Crippen molar-refractivity contribution in [3.8, 4) is 0 Å². The molecule has 152 valence electrons. The SMILES string of the molecule is CC(C)C[C@H](NC(=O)OCc1ccccc1)C(=O)O.CCCC[C@H](N)C=O. The van der Waals surface area contributed by atoms with Gasteiger partial charge in [-0.1, -0.05) is 63.9 Å². The summed E-state index contributed by atoms with van der Waals surface area (Å²) in [5.41, 5.74) is 6.15. The van der Waals surface area contributed by atoms with Crippen molar-refractivity contribution in [2.24, 2.45) is 11.7 Å². The predicted molar refractivity (Wildman–Crippen MR) is 104 cm³/mol. The van der Waals surface area contributed by atoms with Gasteiger partial charge in [0.2, 0.25) is 0 Å². The lowest BCUT2D eigenvalue weighted by Gasteiger charge is -2.16. The van der Waals surface area contributed by atoms with Crippen LogP contribution in [-0.2, 0) is 20.9 Å². The summed E-state index contributed by atoms with van der Waals surface area (Å²) in [4.78, 5) is 32.4. The Morgan fingerprint density at radius 1 is 1.26 bits per heavy atom. The van der Waals surface area contributed by atoms with E-state index in [1.54, 1.807) is 0 Å². The largest absolute Gasteiger partial charge is 0.480 e. The zero-order valence-corrected chi connectivity index (χ0v) is 16.4. The molecule has 0 aliphatic rings. The molecule has 0 aromatic heterocycles. The zero-order valence-electron chi connectivity index (χ0n) is 16.4. The number of ether oxygens (including phenoxy) is 1. The van der Waals surface area contributed by atoms with E-state index >= 15 is 0 Å². The second-order valence-corrected chi connectivity index (χ2v) is 6.67. The molecule has 0 bridgehead atoms. The Morgan fingerprint density at radius 3 is 2.37 bits per heavy atom. The fourth-order valence-electron chi connectivity index (χ4n) is 2.11. The average Bonchev–Trinajstić information content (AvgIpc) is 2.64. The van der Waals surface area contributed by atoms with E-state index in [9.17, 15) is 14.4 Å². The van der Waals surface area contributed by atoms with Crippen molar-refractivity contribution < 1.29 is 24.2 Å². The Hall–Kier alpha value is -2.41. The van der Waals surface area contributed by atoms with Crippen LogP contribution in [0.4, 0.5) is 4.79 Å². The van der Waals surface area contributed by atoms with E-state index in [4.69, 9.17) is 15.6 Å². The summed E-state index contributed by atoms with van der Waals surface area (Å²) in [7, 11) is 0. The number of carbonyl (C=O) groups excluding carboxylic acids is 2. The Balaban J connectivity index is 0.000000713. The van der Waals surface area contributed by atoms with Crippen molar-refractivity contribution in [3.63, 3.8) is 0 Å². The van der Waals surface area contributed by atoms with Gasteiger partial charge in [-0.2, -0.15) is 0 Å². The molecular formula is C20H32N2O5. The number of unbranched alkanes of at least 4 members (excludes halogenated alkanes) is 1. The van der Waals surface area contributed by atoms with Crippen molar-refractivity contribution in [2.75, 3.05) is 0 Å². The second kappa shape index (κ2) is 14.7. The summed E-state index contributed by atoms with van der Waals surface area (Å²) >= 11 is 0. The number of nitrogens with two attached hydrogens (primary N) is 1. The van der Waals surface area contributed by atoms with Gasteiger partial charge in [0.1, 0.15) is 18.9 Å². The highest BCUT2D eigenvalue weighted by Crippen LogP contribution is 2.06. The molecule has 0 saturated heterocycles. The van der Waals surface area contributed by atoms with Crippen molar-refractivity contribution in [1.82, 2.24) is 5.32 Å². The first kappa shape index (κ1) is 24.6. The fraction of sp³-hybridized carbons (Fsp3) is 0.550. The Kier molecular flexibility index (Phi) is 13.4. The lowest BCUT2D eigenvalue weighted by Crippen LogP contribution is -2.41. The number of benzene rings is 1. The molecule has 0 radical (unpaired) electrons. The summed E-state index contributed by atoms with van der Waals surface area (Å²) in [6.45, 7) is 6.00. The molecule has 0 spiro atoms. The van der Waals surface area contributed by atoms with E-state index < -0.39 is 18.1 Å². The van der Waals surface area contributed by atoms with Crippen LogP contribution in [0.2, 0.25) is 0 Å². The van der Waals surface area contributed by atoms with Crippen LogP contribution < -0.4 is 11.1 Å². The van der Waals surface area contributed by atoms with E-state index in [1.807, 2.05) is 44.2 Å². The molecule has 1 rings (SSSR count). The van der Waals surface area contributed by atoms with Gasteiger partial charge in [-0.3, -0.25) is 0 Å². The molecule has 27 heavy (non-hydrogen) atoms. The molecule has 1 amide bonds. The minimum atomic E-state index is -1.05. The van der Waals surface area contributed by atoms with Gasteiger partial charge in [-0.15, -0.1) is 0 Å². The van der Waals surface area contributed by atoms with Crippen LogP contribution in [0.15, 0.2) is 30.3 Å². The number of rotatable bonds is 10. The highest BCUT2D eigenvalue weighted by atomic mass is 16.5. The maximum Gasteiger partial charge on any atom is 0.408 e. The first-order valence-corrected chi connectivity index (χ1v) is 9.21. The highest BCUT2D eigenvalue weighted by molar-refractivity contribution is 5.79. The highest BCUT2D eigenvalue weighted by Gasteiger charge is 2.21. The number of carbonyl (C=O) groups is 3. The van der Waals surface area contributed by atoms with Crippen LogP contribution >= 0.6 is 0 Å². The molecule has 4 N–H and O–H groups in total. The van der Waals surface area contributed by atoms with Gasteiger partial charge in [-0.25, -0.2) is 9.59 Å². The number of hydrogen-bond acceptors (Lipinski definition) is 5. The fourth-order valence-corrected chi connectivity index (χ4v) is 2.11. The standard InChI is InChI=1S/C14H19NO4.C6H13NO/c1-10(2)8-12(13(16)17)15-14(18)19-9-11-6-4-3-5-7-11;1-2-3-4-6(7)5-8/h3-7,10,12H,8-9H2,1-2H3,(H,15,18)(H,16,17);5-6H,2-4,7H2,1H3/t12-;6-/m00/s1. The Morgan fingerprint density at radius 2 is 1.89 bits per heavy atom. The van der Waals surface area contributed by atoms with Gasteiger partial charge in [0, 0.05) is 0 Å². The molecule has 0 aliphatic carbocycles. The lowest BCUT2D eigenvalue weighted by molar-refractivity contribution is -0.139. The maximum absolute atomic E-state index is 11.5. The zero-order chi connectivity index (χ0) is 20.7. The van der Waals surface area contributed by atoms with Crippen LogP contribution in [0.5, 0.6) is 0 Å². The third kappa shape index (κ3) is 13.5. The maximum atomic E-state index is 11.5. The molecule has 0 aliphatic heterocycles. The van der Waals surface area contributed by atoms with Gasteiger partial charge in [0.25, 0.3) is 0 Å². The van der Waals surface area contributed by atoms with Crippen molar-refractivity contribution in [2.45, 2.75) is 65.1 Å². The topological polar surface area (TPSA) is 119 Å². The molecule has 0 unspecified atom stereocenters. The Bertz CT molecular complexity index is 549. The van der Waals surface area contributed by atoms with Crippen molar-refractivity contribution in [1.29, 1.82) is 0 Å². The van der Waals surface area contributed by atoms with Crippen LogP contribution in [0.1, 0.15) is 52.0 Å². The summed E-state index contributed by atoms with van der Waals surface area (Å²) in [6.07, 6.45) is 3.46. The minimum absolute atomic E-state index is 0.126. The first-order valence-electron chi connectivity index (χ1n) is 9.21. The van der Waals surface area contributed by atoms with E-state index in [2.05, 4.69) is 12.2 Å². The normalized spacial score (nSPS) is 12.3. The summed E-state index contributed by atoms with van der Waals surface area (Å²) < 4.78 is 4.98. The third-order valence-electron chi connectivity index (χ3n) is 3.58. The first-order chi connectivity index (χ1) is 12.8. The summed E-state index contributed by atoms with van der Waals surface area (Å²) in [6, 6.07) is 8.07. The van der Waals surface area contributed by atoms with Crippen LogP contribution in [-0.4, -0.2) is 35.5 Å². The monoisotopic (exact) mass is 380 g/mol. The van der Waals surface area contributed by atoms with E-state index in [0.717, 1.165) is 31.1 Å². The molecule has 0 fully saturated rings. The third-order valence-corrected chi connectivity index (χ3v) is 3.58. The predicted octanol–water partition coefficient (Wildman–Crippen LogP) is 3.11. The second-order valence-electron chi connectivity index (χ2n) is 6.67. The molecule has 0 saturated carbocycles.